The molecule has 0 aliphatic rings. The quantitative estimate of drug-likeness (QED) is 0.791. The molecule has 1 N–H and O–H groups in total. The van der Waals surface area contributed by atoms with Crippen molar-refractivity contribution in [1.82, 2.24) is 4.90 Å². The molecule has 2 aromatic carbocycles. The van der Waals surface area contributed by atoms with Crippen LogP contribution in [0.5, 0.6) is 0 Å². The Morgan fingerprint density at radius 1 is 0.870 bits per heavy atom. The third-order valence-electron chi connectivity index (χ3n) is 3.73. The summed E-state index contributed by atoms with van der Waals surface area (Å²) in [5, 5.41) is 10.1. The Kier molecular flexibility index (Phi) is 6.68. The van der Waals surface area contributed by atoms with Gasteiger partial charge in [0.05, 0.1) is 6.10 Å². The summed E-state index contributed by atoms with van der Waals surface area (Å²) in [6.07, 6.45) is 1.26. The van der Waals surface area contributed by atoms with Gasteiger partial charge in [0.25, 0.3) is 0 Å². The van der Waals surface area contributed by atoms with Gasteiger partial charge < -0.3 is 5.11 Å². The highest BCUT2D eigenvalue weighted by molar-refractivity contribution is 5.18. The van der Waals surface area contributed by atoms with Crippen molar-refractivity contribution in [3.05, 3.63) is 71.3 Å². The first-order chi connectivity index (χ1) is 11.1. The minimum absolute atomic E-state index is 0.259. The van der Waals surface area contributed by atoms with E-state index in [1.54, 1.807) is 24.3 Å². The number of benzene rings is 2. The maximum Gasteiger partial charge on any atom is 0.123 e. The summed E-state index contributed by atoms with van der Waals surface area (Å²) in [5.41, 5.74) is 1.97. The molecule has 1 atom stereocenters. The number of aliphatic hydroxyl groups is 1. The summed E-state index contributed by atoms with van der Waals surface area (Å²) in [7, 11) is 0. The molecule has 124 valence electrons. The topological polar surface area (TPSA) is 23.5 Å². The zero-order valence-electron chi connectivity index (χ0n) is 13.4. The molecular formula is C19H23F2NO. The van der Waals surface area contributed by atoms with Gasteiger partial charge in [0, 0.05) is 19.6 Å². The van der Waals surface area contributed by atoms with Gasteiger partial charge in [0.2, 0.25) is 0 Å². The largest absolute Gasteiger partial charge is 0.392 e. The molecule has 4 heteroatoms. The number of hydrogen-bond acceptors (Lipinski definition) is 2. The van der Waals surface area contributed by atoms with Gasteiger partial charge in [-0.3, -0.25) is 4.90 Å². The summed E-state index contributed by atoms with van der Waals surface area (Å²) in [6, 6.07) is 12.8. The second-order valence-corrected chi connectivity index (χ2v) is 5.87. The minimum atomic E-state index is -0.402. The van der Waals surface area contributed by atoms with Crippen LogP contribution in [0.15, 0.2) is 48.5 Å². The Morgan fingerprint density at radius 2 is 1.30 bits per heavy atom. The van der Waals surface area contributed by atoms with Crippen LogP contribution in [-0.2, 0) is 13.1 Å². The molecule has 2 nitrogen and oxygen atoms in total. The van der Waals surface area contributed by atoms with E-state index in [4.69, 9.17) is 0 Å². The molecule has 0 spiro atoms. The molecule has 0 amide bonds. The molecular weight excluding hydrogens is 296 g/mol. The lowest BCUT2D eigenvalue weighted by Crippen LogP contribution is -2.31. The third-order valence-corrected chi connectivity index (χ3v) is 3.73. The van der Waals surface area contributed by atoms with Gasteiger partial charge in [0.15, 0.2) is 0 Å². The van der Waals surface area contributed by atoms with Crippen LogP contribution in [0.1, 0.15) is 30.9 Å². The molecule has 0 aliphatic heterocycles. The third kappa shape index (κ3) is 6.08. The van der Waals surface area contributed by atoms with E-state index in [0.29, 0.717) is 19.6 Å². The van der Waals surface area contributed by atoms with E-state index in [0.717, 1.165) is 24.0 Å². The predicted molar refractivity (Wildman–Crippen MR) is 87.8 cm³/mol. The van der Waals surface area contributed by atoms with Gasteiger partial charge >= 0.3 is 0 Å². The molecule has 2 aromatic rings. The van der Waals surface area contributed by atoms with Crippen molar-refractivity contribution in [2.24, 2.45) is 0 Å². The van der Waals surface area contributed by atoms with Crippen LogP contribution in [0.2, 0.25) is 0 Å². The first kappa shape index (κ1) is 17.6. The van der Waals surface area contributed by atoms with Crippen molar-refractivity contribution >= 4 is 0 Å². The Bertz CT molecular complexity index is 536. The fourth-order valence-corrected chi connectivity index (χ4v) is 2.60. The first-order valence-corrected chi connectivity index (χ1v) is 7.96. The lowest BCUT2D eigenvalue weighted by Gasteiger charge is -2.25. The first-order valence-electron chi connectivity index (χ1n) is 7.96. The average molecular weight is 319 g/mol. The lowest BCUT2D eigenvalue weighted by atomic mass is 10.1. The van der Waals surface area contributed by atoms with Crippen LogP contribution in [0.25, 0.3) is 0 Å². The lowest BCUT2D eigenvalue weighted by molar-refractivity contribution is 0.0970. The van der Waals surface area contributed by atoms with E-state index in [-0.39, 0.29) is 11.6 Å². The maximum absolute atomic E-state index is 13.0. The SMILES string of the molecule is CCCC(O)CN(Cc1ccc(F)cc1)Cc1ccc(F)cc1. The molecule has 0 bridgehead atoms. The van der Waals surface area contributed by atoms with E-state index in [1.807, 2.05) is 6.92 Å². The van der Waals surface area contributed by atoms with E-state index < -0.39 is 6.10 Å². The second-order valence-electron chi connectivity index (χ2n) is 5.87. The van der Waals surface area contributed by atoms with E-state index in [9.17, 15) is 13.9 Å². The summed E-state index contributed by atoms with van der Waals surface area (Å²) in [6.45, 7) is 3.78. The van der Waals surface area contributed by atoms with Crippen molar-refractivity contribution in [2.45, 2.75) is 39.0 Å². The Balaban J connectivity index is 2.06. The molecule has 0 saturated heterocycles. The number of rotatable bonds is 8. The smallest absolute Gasteiger partial charge is 0.123 e. The van der Waals surface area contributed by atoms with Gasteiger partial charge in [0.1, 0.15) is 11.6 Å². The summed E-state index contributed by atoms with van der Waals surface area (Å²) < 4.78 is 26.1. The monoisotopic (exact) mass is 319 g/mol. The number of aliphatic hydroxyl groups excluding tert-OH is 1. The molecule has 0 fully saturated rings. The highest BCUT2D eigenvalue weighted by atomic mass is 19.1. The fourth-order valence-electron chi connectivity index (χ4n) is 2.60. The molecule has 23 heavy (non-hydrogen) atoms. The van der Waals surface area contributed by atoms with Crippen molar-refractivity contribution in [2.75, 3.05) is 6.54 Å². The van der Waals surface area contributed by atoms with Crippen molar-refractivity contribution in [3.63, 3.8) is 0 Å². The number of nitrogens with zero attached hydrogens (tertiary/aromatic N) is 1. The van der Waals surface area contributed by atoms with Gasteiger partial charge in [-0.2, -0.15) is 0 Å². The number of halogens is 2. The van der Waals surface area contributed by atoms with Gasteiger partial charge in [-0.25, -0.2) is 8.78 Å². The van der Waals surface area contributed by atoms with E-state index in [1.165, 1.54) is 24.3 Å². The Labute approximate surface area is 136 Å². The molecule has 0 saturated carbocycles. The van der Waals surface area contributed by atoms with E-state index >= 15 is 0 Å². The van der Waals surface area contributed by atoms with Gasteiger partial charge in [-0.15, -0.1) is 0 Å². The zero-order chi connectivity index (χ0) is 16.7. The van der Waals surface area contributed by atoms with E-state index in [2.05, 4.69) is 4.90 Å². The summed E-state index contributed by atoms with van der Waals surface area (Å²) >= 11 is 0. The summed E-state index contributed by atoms with van der Waals surface area (Å²) in [5.74, 6) is -0.519. The Hall–Kier alpha value is -1.78. The van der Waals surface area contributed by atoms with Crippen LogP contribution in [-0.4, -0.2) is 22.7 Å². The average Bonchev–Trinajstić information content (AvgIpc) is 2.52. The zero-order valence-corrected chi connectivity index (χ0v) is 13.4. The van der Waals surface area contributed by atoms with Crippen molar-refractivity contribution in [3.8, 4) is 0 Å². The molecule has 0 heterocycles. The van der Waals surface area contributed by atoms with Crippen LogP contribution < -0.4 is 0 Å². The van der Waals surface area contributed by atoms with Crippen molar-refractivity contribution < 1.29 is 13.9 Å². The van der Waals surface area contributed by atoms with Crippen molar-refractivity contribution in [1.29, 1.82) is 0 Å². The Morgan fingerprint density at radius 3 is 1.70 bits per heavy atom. The normalized spacial score (nSPS) is 12.6. The summed E-state index contributed by atoms with van der Waals surface area (Å²) in [4.78, 5) is 2.10. The van der Waals surface area contributed by atoms with Crippen LogP contribution >= 0.6 is 0 Å². The highest BCUT2D eigenvalue weighted by Crippen LogP contribution is 2.13. The molecule has 0 aliphatic carbocycles. The number of hydrogen-bond donors (Lipinski definition) is 1. The molecule has 2 rings (SSSR count). The van der Waals surface area contributed by atoms with Crippen LogP contribution in [0.3, 0.4) is 0 Å². The van der Waals surface area contributed by atoms with Gasteiger partial charge in [-0.1, -0.05) is 37.6 Å². The van der Waals surface area contributed by atoms with Gasteiger partial charge in [-0.05, 0) is 41.8 Å². The maximum atomic E-state index is 13.0. The highest BCUT2D eigenvalue weighted by Gasteiger charge is 2.13. The predicted octanol–water partition coefficient (Wildman–Crippen LogP) is 4.13. The molecule has 0 radical (unpaired) electrons. The standard InChI is InChI=1S/C19H23F2NO/c1-2-3-19(23)14-22(12-15-4-8-17(20)9-5-15)13-16-6-10-18(21)11-7-16/h4-11,19,23H,2-3,12-14H2,1H3. The second kappa shape index (κ2) is 8.75. The molecule has 0 aromatic heterocycles. The van der Waals surface area contributed by atoms with Crippen LogP contribution in [0.4, 0.5) is 8.78 Å². The minimum Gasteiger partial charge on any atom is -0.392 e. The fraction of sp³-hybridized carbons (Fsp3) is 0.368. The van der Waals surface area contributed by atoms with Crippen LogP contribution in [0, 0.1) is 11.6 Å². The molecule has 1 unspecified atom stereocenters.